The van der Waals surface area contributed by atoms with Crippen LogP contribution in [-0.2, 0) is 16.1 Å². The van der Waals surface area contributed by atoms with Crippen molar-refractivity contribution in [2.24, 2.45) is 0 Å². The molecule has 0 unspecified atom stereocenters. The summed E-state index contributed by atoms with van der Waals surface area (Å²) in [4.78, 5) is 24.0. The molecule has 0 radical (unpaired) electrons. The third kappa shape index (κ3) is 3.35. The first kappa shape index (κ1) is 12.2. The van der Waals surface area contributed by atoms with Crippen LogP contribution >= 0.6 is 0 Å². The third-order valence-corrected chi connectivity index (χ3v) is 2.51. The number of nitrogens with zero attached hydrogens (tertiary/aromatic N) is 1. The van der Waals surface area contributed by atoms with Crippen LogP contribution in [0.25, 0.3) is 0 Å². The second kappa shape index (κ2) is 5.86. The monoisotopic (exact) mass is 246 g/mol. The second-order valence-corrected chi connectivity index (χ2v) is 3.83. The van der Waals surface area contributed by atoms with Crippen molar-refractivity contribution < 1.29 is 14.3 Å². The highest BCUT2D eigenvalue weighted by Gasteiger charge is 2.19. The number of amides is 2. The van der Waals surface area contributed by atoms with E-state index in [2.05, 4.69) is 5.32 Å². The van der Waals surface area contributed by atoms with Crippen LogP contribution in [0.1, 0.15) is 5.56 Å². The minimum atomic E-state index is -0.415. The van der Waals surface area contributed by atoms with Crippen LogP contribution in [0.4, 0.5) is 4.79 Å². The van der Waals surface area contributed by atoms with Crippen molar-refractivity contribution in [1.82, 2.24) is 10.2 Å². The Labute approximate surface area is 105 Å². The number of carbonyl (C=O) groups is 2. The summed E-state index contributed by atoms with van der Waals surface area (Å²) in [5.74, 6) is -0.237. The standard InChI is InChI=1S/C13H14N2O3/c16-12(6-7-15-8-9-18-13(15)17)14-10-11-4-2-1-3-5-11/h1-7H,8-10H2,(H,14,16)/b7-6+. The Hall–Kier alpha value is -2.30. The highest BCUT2D eigenvalue weighted by Crippen LogP contribution is 2.03. The Bertz CT molecular complexity index is 457. The lowest BCUT2D eigenvalue weighted by molar-refractivity contribution is -0.116. The van der Waals surface area contributed by atoms with Gasteiger partial charge in [-0.15, -0.1) is 0 Å². The van der Waals surface area contributed by atoms with Gasteiger partial charge in [0.2, 0.25) is 5.91 Å². The highest BCUT2D eigenvalue weighted by atomic mass is 16.6. The number of hydrogen-bond acceptors (Lipinski definition) is 3. The number of nitrogens with one attached hydrogen (secondary N) is 1. The van der Waals surface area contributed by atoms with E-state index in [-0.39, 0.29) is 5.91 Å². The van der Waals surface area contributed by atoms with Crippen LogP contribution in [0.3, 0.4) is 0 Å². The van der Waals surface area contributed by atoms with E-state index in [9.17, 15) is 9.59 Å². The largest absolute Gasteiger partial charge is 0.447 e. The van der Waals surface area contributed by atoms with Gasteiger partial charge in [-0.2, -0.15) is 0 Å². The predicted molar refractivity (Wildman–Crippen MR) is 65.5 cm³/mol. The van der Waals surface area contributed by atoms with Crippen LogP contribution in [-0.4, -0.2) is 30.1 Å². The maximum absolute atomic E-state index is 11.5. The first-order valence-electron chi connectivity index (χ1n) is 5.69. The molecule has 5 nitrogen and oxygen atoms in total. The molecule has 1 saturated heterocycles. The summed E-state index contributed by atoms with van der Waals surface area (Å²) in [7, 11) is 0. The first-order chi connectivity index (χ1) is 8.75. The van der Waals surface area contributed by atoms with Gasteiger partial charge in [-0.25, -0.2) is 4.79 Å². The molecule has 1 aliphatic rings. The van der Waals surface area contributed by atoms with E-state index in [0.717, 1.165) is 5.56 Å². The van der Waals surface area contributed by atoms with E-state index in [4.69, 9.17) is 4.74 Å². The summed E-state index contributed by atoms with van der Waals surface area (Å²) in [6.07, 6.45) is 2.35. The lowest BCUT2D eigenvalue weighted by Crippen LogP contribution is -2.22. The lowest BCUT2D eigenvalue weighted by Gasteiger charge is -2.05. The zero-order chi connectivity index (χ0) is 12.8. The van der Waals surface area contributed by atoms with Crippen LogP contribution in [0.5, 0.6) is 0 Å². The molecular weight excluding hydrogens is 232 g/mol. The smallest absolute Gasteiger partial charge is 0.413 e. The van der Waals surface area contributed by atoms with Gasteiger partial charge in [0, 0.05) is 18.8 Å². The van der Waals surface area contributed by atoms with Gasteiger partial charge in [0.1, 0.15) is 6.61 Å². The molecule has 0 saturated carbocycles. The van der Waals surface area contributed by atoms with Crippen molar-refractivity contribution in [3.63, 3.8) is 0 Å². The van der Waals surface area contributed by atoms with Gasteiger partial charge < -0.3 is 10.1 Å². The molecule has 18 heavy (non-hydrogen) atoms. The molecule has 0 aromatic heterocycles. The summed E-state index contributed by atoms with van der Waals surface area (Å²) in [6, 6.07) is 9.61. The fraction of sp³-hybridized carbons (Fsp3) is 0.231. The lowest BCUT2D eigenvalue weighted by atomic mass is 10.2. The molecule has 94 valence electrons. The molecule has 1 fully saturated rings. The molecule has 1 aromatic rings. The number of cyclic esters (lactones) is 1. The summed E-state index contributed by atoms with van der Waals surface area (Å²) in [5, 5.41) is 2.73. The van der Waals surface area contributed by atoms with Gasteiger partial charge >= 0.3 is 6.09 Å². The number of benzene rings is 1. The van der Waals surface area contributed by atoms with E-state index in [1.807, 2.05) is 30.3 Å². The maximum atomic E-state index is 11.5. The molecule has 0 spiro atoms. The third-order valence-electron chi connectivity index (χ3n) is 2.51. The topological polar surface area (TPSA) is 58.6 Å². The highest BCUT2D eigenvalue weighted by molar-refractivity contribution is 5.88. The Morgan fingerprint density at radius 3 is 2.83 bits per heavy atom. The van der Waals surface area contributed by atoms with Gasteiger partial charge in [0.25, 0.3) is 0 Å². The number of rotatable bonds is 4. The molecule has 2 rings (SSSR count). The molecule has 0 aliphatic carbocycles. The van der Waals surface area contributed by atoms with E-state index < -0.39 is 6.09 Å². The molecule has 1 N–H and O–H groups in total. The summed E-state index contributed by atoms with van der Waals surface area (Å²) in [6.45, 7) is 1.32. The zero-order valence-electron chi connectivity index (χ0n) is 9.83. The van der Waals surface area contributed by atoms with E-state index >= 15 is 0 Å². The minimum Gasteiger partial charge on any atom is -0.447 e. The number of carbonyl (C=O) groups excluding carboxylic acids is 2. The minimum absolute atomic E-state index is 0.237. The fourth-order valence-electron chi connectivity index (χ4n) is 1.54. The quantitative estimate of drug-likeness (QED) is 0.814. The number of hydrogen-bond donors (Lipinski definition) is 1. The van der Waals surface area contributed by atoms with Gasteiger partial charge in [0.05, 0.1) is 6.54 Å². The fourth-order valence-corrected chi connectivity index (χ4v) is 1.54. The SMILES string of the molecule is O=C(/C=C/N1CCOC1=O)NCc1ccccc1. The van der Waals surface area contributed by atoms with Gasteiger partial charge in [0.15, 0.2) is 0 Å². The predicted octanol–water partition coefficient (Wildman–Crippen LogP) is 1.27. The average Bonchev–Trinajstić information content (AvgIpc) is 2.81. The molecule has 0 bridgehead atoms. The molecule has 1 aliphatic heterocycles. The molecule has 2 amide bonds. The van der Waals surface area contributed by atoms with Crippen molar-refractivity contribution in [3.05, 3.63) is 48.2 Å². The molecule has 5 heteroatoms. The molecule has 0 atom stereocenters. The van der Waals surface area contributed by atoms with Gasteiger partial charge in [-0.3, -0.25) is 9.69 Å². The maximum Gasteiger partial charge on any atom is 0.413 e. The molecular formula is C13H14N2O3. The number of ether oxygens (including phenoxy) is 1. The second-order valence-electron chi connectivity index (χ2n) is 3.83. The summed E-state index contributed by atoms with van der Waals surface area (Å²) < 4.78 is 4.73. The zero-order valence-corrected chi connectivity index (χ0v) is 9.83. The normalized spacial score (nSPS) is 14.9. The van der Waals surface area contributed by atoms with Crippen LogP contribution < -0.4 is 5.32 Å². The molecule has 1 heterocycles. The average molecular weight is 246 g/mol. The van der Waals surface area contributed by atoms with Crippen molar-refractivity contribution in [1.29, 1.82) is 0 Å². The summed E-state index contributed by atoms with van der Waals surface area (Å²) in [5.41, 5.74) is 1.03. The van der Waals surface area contributed by atoms with E-state index in [1.54, 1.807) is 0 Å². The van der Waals surface area contributed by atoms with Gasteiger partial charge in [-0.05, 0) is 5.56 Å². The van der Waals surface area contributed by atoms with Crippen molar-refractivity contribution in [3.8, 4) is 0 Å². The van der Waals surface area contributed by atoms with Crippen LogP contribution in [0.15, 0.2) is 42.6 Å². The van der Waals surface area contributed by atoms with Crippen molar-refractivity contribution in [2.45, 2.75) is 6.54 Å². The van der Waals surface area contributed by atoms with Crippen molar-refractivity contribution in [2.75, 3.05) is 13.2 Å². The van der Waals surface area contributed by atoms with E-state index in [1.165, 1.54) is 17.2 Å². The van der Waals surface area contributed by atoms with Crippen LogP contribution in [0, 0.1) is 0 Å². The Morgan fingerprint density at radius 1 is 1.39 bits per heavy atom. The Morgan fingerprint density at radius 2 is 2.17 bits per heavy atom. The molecule has 1 aromatic carbocycles. The van der Waals surface area contributed by atoms with Crippen LogP contribution in [0.2, 0.25) is 0 Å². The van der Waals surface area contributed by atoms with Gasteiger partial charge in [-0.1, -0.05) is 30.3 Å². The summed E-state index contributed by atoms with van der Waals surface area (Å²) >= 11 is 0. The van der Waals surface area contributed by atoms with Crippen molar-refractivity contribution >= 4 is 12.0 Å². The Balaban J connectivity index is 1.78. The first-order valence-corrected chi connectivity index (χ1v) is 5.69. The van der Waals surface area contributed by atoms with E-state index in [0.29, 0.717) is 19.7 Å². The Kier molecular flexibility index (Phi) is 3.96.